The number of ether oxygens (including phenoxy) is 1. The third-order valence-electron chi connectivity index (χ3n) is 3.16. The lowest BCUT2D eigenvalue weighted by Gasteiger charge is -2.05. The molecule has 2 aromatic rings. The fraction of sp³-hybridized carbons (Fsp3) is 0.111. The summed E-state index contributed by atoms with van der Waals surface area (Å²) in [6.07, 6.45) is 2.99. The molecule has 0 saturated heterocycles. The predicted molar refractivity (Wildman–Crippen MR) is 88.8 cm³/mol. The first-order chi connectivity index (χ1) is 11.1. The minimum atomic E-state index is -0.415. The number of hydrogen-bond acceptors (Lipinski definition) is 3. The van der Waals surface area contributed by atoms with Gasteiger partial charge in [-0.05, 0) is 42.8 Å². The first-order valence-electron chi connectivity index (χ1n) is 7.07. The molecule has 0 fully saturated rings. The van der Waals surface area contributed by atoms with E-state index in [2.05, 4.69) is 10.9 Å². The highest BCUT2D eigenvalue weighted by Crippen LogP contribution is 2.12. The third-order valence-corrected chi connectivity index (χ3v) is 3.16. The van der Waals surface area contributed by atoms with Crippen LogP contribution in [0.2, 0.25) is 0 Å². The summed E-state index contributed by atoms with van der Waals surface area (Å²) < 4.78 is 5.06. The zero-order valence-corrected chi connectivity index (χ0v) is 13.0. The Bertz CT molecular complexity index is 704. The van der Waals surface area contributed by atoms with Gasteiger partial charge in [0.1, 0.15) is 5.75 Å². The van der Waals surface area contributed by atoms with E-state index in [0.717, 1.165) is 16.9 Å². The van der Waals surface area contributed by atoms with Crippen LogP contribution < -0.4 is 15.6 Å². The van der Waals surface area contributed by atoms with Gasteiger partial charge < -0.3 is 4.74 Å². The maximum atomic E-state index is 11.8. The second-order valence-corrected chi connectivity index (χ2v) is 4.92. The zero-order chi connectivity index (χ0) is 16.7. The van der Waals surface area contributed by atoms with Gasteiger partial charge in [-0.1, -0.05) is 29.8 Å². The van der Waals surface area contributed by atoms with E-state index in [9.17, 15) is 9.59 Å². The molecule has 2 aromatic carbocycles. The predicted octanol–water partition coefficient (Wildman–Crippen LogP) is 2.48. The van der Waals surface area contributed by atoms with Gasteiger partial charge in [0.25, 0.3) is 11.8 Å². The van der Waals surface area contributed by atoms with E-state index in [1.807, 2.05) is 31.2 Å². The monoisotopic (exact) mass is 310 g/mol. The van der Waals surface area contributed by atoms with E-state index in [4.69, 9.17) is 4.74 Å². The number of methoxy groups -OCH3 is 1. The van der Waals surface area contributed by atoms with Gasteiger partial charge >= 0.3 is 0 Å². The molecule has 0 saturated carbocycles. The highest BCUT2D eigenvalue weighted by Gasteiger charge is 2.05. The molecule has 0 spiro atoms. The molecule has 0 radical (unpaired) electrons. The van der Waals surface area contributed by atoms with Crippen LogP contribution in [0.15, 0.2) is 54.6 Å². The molecule has 118 valence electrons. The molecule has 0 aliphatic rings. The molecular weight excluding hydrogens is 292 g/mol. The van der Waals surface area contributed by atoms with Crippen molar-refractivity contribution in [2.75, 3.05) is 7.11 Å². The van der Waals surface area contributed by atoms with Crippen LogP contribution in [0.1, 0.15) is 21.5 Å². The summed E-state index contributed by atoms with van der Waals surface area (Å²) in [6, 6.07) is 14.3. The van der Waals surface area contributed by atoms with Gasteiger partial charge in [0.2, 0.25) is 0 Å². The Labute approximate surface area is 134 Å². The number of amides is 2. The molecule has 0 aliphatic heterocycles. The average Bonchev–Trinajstić information content (AvgIpc) is 2.59. The molecule has 5 nitrogen and oxygen atoms in total. The van der Waals surface area contributed by atoms with Crippen LogP contribution in [-0.2, 0) is 4.79 Å². The van der Waals surface area contributed by atoms with Crippen molar-refractivity contribution in [3.63, 3.8) is 0 Å². The minimum absolute atomic E-state index is 0.365. The molecule has 0 aliphatic carbocycles. The Balaban J connectivity index is 1.85. The van der Waals surface area contributed by atoms with E-state index >= 15 is 0 Å². The summed E-state index contributed by atoms with van der Waals surface area (Å²) in [7, 11) is 1.59. The van der Waals surface area contributed by atoms with Crippen molar-refractivity contribution in [1.82, 2.24) is 10.9 Å². The number of nitrogens with one attached hydrogen (secondary N) is 2. The topological polar surface area (TPSA) is 67.4 Å². The van der Waals surface area contributed by atoms with Gasteiger partial charge in [-0.2, -0.15) is 0 Å². The number of carbonyl (C=O) groups is 2. The molecule has 5 heteroatoms. The maximum Gasteiger partial charge on any atom is 0.269 e. The van der Waals surface area contributed by atoms with Crippen molar-refractivity contribution in [2.24, 2.45) is 0 Å². The fourth-order valence-corrected chi connectivity index (χ4v) is 1.82. The summed E-state index contributed by atoms with van der Waals surface area (Å²) in [4.78, 5) is 23.5. The molecule has 0 aromatic heterocycles. The minimum Gasteiger partial charge on any atom is -0.497 e. The van der Waals surface area contributed by atoms with Crippen LogP contribution in [0.5, 0.6) is 5.75 Å². The average molecular weight is 310 g/mol. The van der Waals surface area contributed by atoms with Crippen molar-refractivity contribution in [1.29, 1.82) is 0 Å². The van der Waals surface area contributed by atoms with Crippen LogP contribution in [0.25, 0.3) is 6.08 Å². The number of rotatable bonds is 4. The second kappa shape index (κ2) is 7.79. The summed E-state index contributed by atoms with van der Waals surface area (Å²) in [5.74, 6) is -0.0329. The van der Waals surface area contributed by atoms with Gasteiger partial charge in [-0.3, -0.25) is 20.4 Å². The first kappa shape index (κ1) is 16.3. The van der Waals surface area contributed by atoms with Crippen molar-refractivity contribution in [3.8, 4) is 5.75 Å². The molecule has 23 heavy (non-hydrogen) atoms. The largest absolute Gasteiger partial charge is 0.497 e. The standard InChI is InChI=1S/C18H18N2O3/c1-13-3-8-15(9-4-13)18(22)20-19-17(21)12-7-14-5-10-16(23-2)11-6-14/h3-12H,1-2H3,(H,19,21)(H,20,22)/b12-7+. The van der Waals surface area contributed by atoms with Crippen LogP contribution in [0.3, 0.4) is 0 Å². The van der Waals surface area contributed by atoms with Gasteiger partial charge in [-0.25, -0.2) is 0 Å². The molecule has 0 atom stereocenters. The second-order valence-electron chi connectivity index (χ2n) is 4.92. The van der Waals surface area contributed by atoms with Crippen LogP contribution in [0.4, 0.5) is 0 Å². The number of hydrazine groups is 1. The lowest BCUT2D eigenvalue weighted by Crippen LogP contribution is -2.40. The lowest BCUT2D eigenvalue weighted by molar-refractivity contribution is -0.117. The van der Waals surface area contributed by atoms with Crippen LogP contribution in [-0.4, -0.2) is 18.9 Å². The molecule has 0 unspecified atom stereocenters. The number of benzene rings is 2. The number of aryl methyl sites for hydroxylation is 1. The normalized spacial score (nSPS) is 10.3. The van der Waals surface area contributed by atoms with E-state index in [1.165, 1.54) is 6.08 Å². The Morgan fingerprint density at radius 2 is 1.61 bits per heavy atom. The molecule has 0 heterocycles. The summed E-state index contributed by atoms with van der Waals surface area (Å²) in [5.41, 5.74) is 7.10. The Morgan fingerprint density at radius 1 is 0.957 bits per heavy atom. The van der Waals surface area contributed by atoms with Gasteiger partial charge in [0, 0.05) is 11.6 Å². The highest BCUT2D eigenvalue weighted by molar-refractivity contribution is 5.97. The van der Waals surface area contributed by atoms with Gasteiger partial charge in [0.15, 0.2) is 0 Å². The Hall–Kier alpha value is -3.08. The van der Waals surface area contributed by atoms with Crippen molar-refractivity contribution in [3.05, 3.63) is 71.3 Å². The summed E-state index contributed by atoms with van der Waals surface area (Å²) >= 11 is 0. The number of hydrogen-bond donors (Lipinski definition) is 2. The highest BCUT2D eigenvalue weighted by atomic mass is 16.5. The molecule has 2 rings (SSSR count). The molecule has 2 N–H and O–H groups in total. The zero-order valence-electron chi connectivity index (χ0n) is 13.0. The van der Waals surface area contributed by atoms with E-state index in [0.29, 0.717) is 5.56 Å². The van der Waals surface area contributed by atoms with E-state index in [1.54, 1.807) is 37.5 Å². The van der Waals surface area contributed by atoms with Crippen molar-refractivity contribution < 1.29 is 14.3 Å². The summed E-state index contributed by atoms with van der Waals surface area (Å²) in [6.45, 7) is 1.94. The number of carbonyl (C=O) groups excluding carboxylic acids is 2. The van der Waals surface area contributed by atoms with Crippen molar-refractivity contribution >= 4 is 17.9 Å². The smallest absolute Gasteiger partial charge is 0.269 e. The third kappa shape index (κ3) is 5.00. The Kier molecular flexibility index (Phi) is 5.52. The lowest BCUT2D eigenvalue weighted by atomic mass is 10.1. The van der Waals surface area contributed by atoms with E-state index < -0.39 is 5.91 Å². The van der Waals surface area contributed by atoms with Gasteiger partial charge in [0.05, 0.1) is 7.11 Å². The molecular formula is C18H18N2O3. The first-order valence-corrected chi connectivity index (χ1v) is 7.07. The SMILES string of the molecule is COc1ccc(/C=C/C(=O)NNC(=O)c2ccc(C)cc2)cc1. The fourth-order valence-electron chi connectivity index (χ4n) is 1.82. The van der Waals surface area contributed by atoms with Gasteiger partial charge in [-0.15, -0.1) is 0 Å². The quantitative estimate of drug-likeness (QED) is 0.673. The van der Waals surface area contributed by atoms with Crippen molar-refractivity contribution in [2.45, 2.75) is 6.92 Å². The molecule has 2 amide bonds. The summed E-state index contributed by atoms with van der Waals surface area (Å²) in [5, 5.41) is 0. The van der Waals surface area contributed by atoms with E-state index in [-0.39, 0.29) is 5.91 Å². The maximum absolute atomic E-state index is 11.8. The Morgan fingerprint density at radius 3 is 2.22 bits per heavy atom. The molecule has 0 bridgehead atoms. The van der Waals surface area contributed by atoms with Crippen LogP contribution in [0, 0.1) is 6.92 Å². The van der Waals surface area contributed by atoms with Crippen LogP contribution >= 0.6 is 0 Å².